The number of hydrogen-bond acceptors (Lipinski definition) is 4. The van der Waals surface area contributed by atoms with Crippen molar-refractivity contribution in [1.82, 2.24) is 5.32 Å². The predicted octanol–water partition coefficient (Wildman–Crippen LogP) is 1.07. The summed E-state index contributed by atoms with van der Waals surface area (Å²) in [5.41, 5.74) is 0. The highest BCUT2D eigenvalue weighted by molar-refractivity contribution is 5.77. The van der Waals surface area contributed by atoms with Crippen molar-refractivity contribution < 1.29 is 19.4 Å². The summed E-state index contributed by atoms with van der Waals surface area (Å²) in [6.07, 6.45) is 2.16. The first kappa shape index (κ1) is 12.7. The van der Waals surface area contributed by atoms with Gasteiger partial charge in [-0.15, -0.1) is 0 Å². The highest BCUT2D eigenvalue weighted by Gasteiger charge is 2.16. The van der Waals surface area contributed by atoms with E-state index in [-0.39, 0.29) is 24.4 Å². The van der Waals surface area contributed by atoms with Crippen LogP contribution in [0.1, 0.15) is 12.8 Å². The third-order valence-electron chi connectivity index (χ3n) is 2.77. The Morgan fingerprint density at radius 3 is 3.06 bits per heavy atom. The Morgan fingerprint density at radius 1 is 1.50 bits per heavy atom. The minimum absolute atomic E-state index is 0.0319. The molecule has 1 aromatic rings. The van der Waals surface area contributed by atoms with Crippen molar-refractivity contribution in [2.75, 3.05) is 19.8 Å². The van der Waals surface area contributed by atoms with Gasteiger partial charge in [0, 0.05) is 13.2 Å². The summed E-state index contributed by atoms with van der Waals surface area (Å²) in [4.78, 5) is 11.5. The number of hydrogen-bond donors (Lipinski definition) is 2. The van der Waals surface area contributed by atoms with Crippen LogP contribution in [0.3, 0.4) is 0 Å². The molecule has 2 N–H and O–H groups in total. The van der Waals surface area contributed by atoms with Crippen LogP contribution in [0.2, 0.25) is 0 Å². The summed E-state index contributed by atoms with van der Waals surface area (Å²) in [5, 5.41) is 12.2. The Balaban J connectivity index is 1.69. The van der Waals surface area contributed by atoms with E-state index in [1.54, 1.807) is 18.2 Å². The van der Waals surface area contributed by atoms with Crippen LogP contribution in [0.15, 0.2) is 24.3 Å². The lowest BCUT2D eigenvalue weighted by molar-refractivity contribution is -0.123. The van der Waals surface area contributed by atoms with Gasteiger partial charge in [-0.25, -0.2) is 0 Å². The van der Waals surface area contributed by atoms with Gasteiger partial charge in [0.25, 0.3) is 5.91 Å². The lowest BCUT2D eigenvalue weighted by atomic mass is 10.2. The Kier molecular flexibility index (Phi) is 4.41. The van der Waals surface area contributed by atoms with Crippen molar-refractivity contribution >= 4 is 5.91 Å². The first-order chi connectivity index (χ1) is 8.75. The first-order valence-electron chi connectivity index (χ1n) is 6.05. The van der Waals surface area contributed by atoms with Crippen molar-refractivity contribution in [3.8, 4) is 11.5 Å². The molecule has 98 valence electrons. The lowest BCUT2D eigenvalue weighted by Gasteiger charge is -2.11. The molecular weight excluding hydrogens is 234 g/mol. The average Bonchev–Trinajstić information content (AvgIpc) is 2.88. The smallest absolute Gasteiger partial charge is 0.258 e. The molecule has 5 heteroatoms. The van der Waals surface area contributed by atoms with Crippen LogP contribution in [-0.2, 0) is 9.53 Å². The van der Waals surface area contributed by atoms with Gasteiger partial charge < -0.3 is 19.9 Å². The zero-order valence-corrected chi connectivity index (χ0v) is 10.1. The van der Waals surface area contributed by atoms with E-state index in [1.165, 1.54) is 6.07 Å². The molecule has 1 saturated heterocycles. The number of phenolic OH excluding ortho intramolecular Hbond substituents is 1. The average molecular weight is 251 g/mol. The molecule has 0 aromatic heterocycles. The molecule has 0 spiro atoms. The molecule has 0 bridgehead atoms. The maximum Gasteiger partial charge on any atom is 0.258 e. The molecule has 0 radical (unpaired) electrons. The highest BCUT2D eigenvalue weighted by Crippen LogP contribution is 2.23. The number of nitrogens with one attached hydrogen (secondary N) is 1. The van der Waals surface area contributed by atoms with Gasteiger partial charge in [-0.2, -0.15) is 0 Å². The molecule has 1 heterocycles. The van der Waals surface area contributed by atoms with E-state index in [0.717, 1.165) is 19.4 Å². The Morgan fingerprint density at radius 2 is 2.33 bits per heavy atom. The molecule has 18 heavy (non-hydrogen) atoms. The summed E-state index contributed by atoms with van der Waals surface area (Å²) in [5.74, 6) is 0.128. The van der Waals surface area contributed by atoms with Gasteiger partial charge in [0.2, 0.25) is 0 Å². The molecule has 0 saturated carbocycles. The third-order valence-corrected chi connectivity index (χ3v) is 2.77. The van der Waals surface area contributed by atoms with Crippen molar-refractivity contribution in [2.45, 2.75) is 18.9 Å². The highest BCUT2D eigenvalue weighted by atomic mass is 16.5. The van der Waals surface area contributed by atoms with E-state index < -0.39 is 0 Å². The van der Waals surface area contributed by atoms with Crippen molar-refractivity contribution in [1.29, 1.82) is 0 Å². The quantitative estimate of drug-likeness (QED) is 0.821. The van der Waals surface area contributed by atoms with Crippen molar-refractivity contribution in [3.63, 3.8) is 0 Å². The van der Waals surface area contributed by atoms with Crippen LogP contribution in [0.5, 0.6) is 11.5 Å². The molecule has 1 unspecified atom stereocenters. The van der Waals surface area contributed by atoms with E-state index in [1.807, 2.05) is 0 Å². The van der Waals surface area contributed by atoms with Crippen molar-refractivity contribution in [3.05, 3.63) is 24.3 Å². The number of para-hydroxylation sites is 2. The van der Waals surface area contributed by atoms with E-state index in [9.17, 15) is 9.90 Å². The van der Waals surface area contributed by atoms with Crippen LogP contribution in [-0.4, -0.2) is 36.9 Å². The second kappa shape index (κ2) is 6.26. The normalized spacial score (nSPS) is 18.6. The number of carbonyl (C=O) groups is 1. The SMILES string of the molecule is O=C(COc1ccccc1O)NCC1CCCO1. The molecule has 5 nitrogen and oxygen atoms in total. The van der Waals surface area contributed by atoms with Crippen molar-refractivity contribution in [2.24, 2.45) is 0 Å². The van der Waals surface area contributed by atoms with Crippen LogP contribution < -0.4 is 10.1 Å². The monoisotopic (exact) mass is 251 g/mol. The second-order valence-corrected chi connectivity index (χ2v) is 4.20. The maximum absolute atomic E-state index is 11.5. The molecule has 1 aliphatic rings. The summed E-state index contributed by atoms with van der Waals surface area (Å²) < 4.78 is 10.6. The van der Waals surface area contributed by atoms with Crippen LogP contribution >= 0.6 is 0 Å². The summed E-state index contributed by atoms with van der Waals surface area (Å²) in [7, 11) is 0. The molecule has 2 rings (SSSR count). The second-order valence-electron chi connectivity index (χ2n) is 4.20. The van der Waals surface area contributed by atoms with E-state index in [0.29, 0.717) is 12.3 Å². The largest absolute Gasteiger partial charge is 0.504 e. The number of carbonyl (C=O) groups excluding carboxylic acids is 1. The van der Waals surface area contributed by atoms with E-state index in [2.05, 4.69) is 5.32 Å². The Hall–Kier alpha value is -1.75. The molecular formula is C13H17NO4. The Labute approximate surface area is 106 Å². The van der Waals surface area contributed by atoms with Gasteiger partial charge in [0.15, 0.2) is 18.1 Å². The predicted molar refractivity (Wildman–Crippen MR) is 65.6 cm³/mol. The van der Waals surface area contributed by atoms with Gasteiger partial charge in [0.1, 0.15) is 0 Å². The number of aromatic hydroxyl groups is 1. The molecule has 1 amide bonds. The topological polar surface area (TPSA) is 67.8 Å². The summed E-state index contributed by atoms with van der Waals surface area (Å²) in [6.45, 7) is 1.18. The number of phenols is 1. The van der Waals surface area contributed by atoms with Gasteiger partial charge >= 0.3 is 0 Å². The molecule has 1 atom stereocenters. The zero-order valence-electron chi connectivity index (χ0n) is 10.1. The Bertz CT molecular complexity index is 402. The minimum atomic E-state index is -0.214. The maximum atomic E-state index is 11.5. The molecule has 1 aliphatic heterocycles. The van der Waals surface area contributed by atoms with Crippen LogP contribution in [0, 0.1) is 0 Å². The fourth-order valence-corrected chi connectivity index (χ4v) is 1.81. The minimum Gasteiger partial charge on any atom is -0.504 e. The fourth-order valence-electron chi connectivity index (χ4n) is 1.81. The number of ether oxygens (including phenoxy) is 2. The van der Waals surface area contributed by atoms with Gasteiger partial charge in [-0.05, 0) is 25.0 Å². The standard InChI is InChI=1S/C13H17NO4/c15-11-5-1-2-6-12(11)18-9-13(16)14-8-10-4-3-7-17-10/h1-2,5-6,10,15H,3-4,7-9H2,(H,14,16). The van der Waals surface area contributed by atoms with Crippen LogP contribution in [0.4, 0.5) is 0 Å². The van der Waals surface area contributed by atoms with Gasteiger partial charge in [-0.1, -0.05) is 12.1 Å². The number of rotatable bonds is 5. The molecule has 1 fully saturated rings. The van der Waals surface area contributed by atoms with Gasteiger partial charge in [-0.3, -0.25) is 4.79 Å². The third kappa shape index (κ3) is 3.63. The van der Waals surface area contributed by atoms with Crippen LogP contribution in [0.25, 0.3) is 0 Å². The number of benzene rings is 1. The van der Waals surface area contributed by atoms with E-state index >= 15 is 0 Å². The zero-order chi connectivity index (χ0) is 12.8. The van der Waals surface area contributed by atoms with Gasteiger partial charge in [0.05, 0.1) is 6.10 Å². The summed E-state index contributed by atoms with van der Waals surface area (Å²) >= 11 is 0. The lowest BCUT2D eigenvalue weighted by Crippen LogP contribution is -2.35. The molecule has 0 aliphatic carbocycles. The summed E-state index contributed by atoms with van der Waals surface area (Å²) in [6, 6.07) is 6.56. The first-order valence-corrected chi connectivity index (χ1v) is 6.05. The van der Waals surface area contributed by atoms with E-state index in [4.69, 9.17) is 9.47 Å². The number of amides is 1. The fraction of sp³-hybridized carbons (Fsp3) is 0.462. The molecule has 1 aromatic carbocycles.